The second-order valence-electron chi connectivity index (χ2n) is 6.67. The van der Waals surface area contributed by atoms with Gasteiger partial charge in [0, 0.05) is 25.1 Å². The highest BCUT2D eigenvalue weighted by Crippen LogP contribution is 2.19. The number of rotatable bonds is 7. The van der Waals surface area contributed by atoms with Gasteiger partial charge < -0.3 is 20.2 Å². The molecule has 3 heterocycles. The van der Waals surface area contributed by atoms with E-state index in [1.807, 2.05) is 36.7 Å². The lowest BCUT2D eigenvalue weighted by molar-refractivity contribution is 0.0386. The molecular formula is C20H26N6O2. The molecule has 3 N–H and O–H groups in total. The predicted molar refractivity (Wildman–Crippen MR) is 107 cm³/mol. The van der Waals surface area contributed by atoms with Crippen molar-refractivity contribution in [2.75, 3.05) is 13.1 Å². The summed E-state index contributed by atoms with van der Waals surface area (Å²) in [5.41, 5.74) is -0.150. The monoisotopic (exact) mass is 382 g/mol. The molecule has 0 aliphatic heterocycles. The summed E-state index contributed by atoms with van der Waals surface area (Å²) in [5, 5.41) is 16.9. The smallest absolute Gasteiger partial charge is 0.191 e. The third kappa shape index (κ3) is 4.77. The van der Waals surface area contributed by atoms with Gasteiger partial charge in [-0.05, 0) is 44.5 Å². The van der Waals surface area contributed by atoms with E-state index in [-0.39, 0.29) is 6.54 Å². The highest BCUT2D eigenvalue weighted by Gasteiger charge is 2.26. The number of nitrogens with one attached hydrogen (secondary N) is 2. The first kappa shape index (κ1) is 19.6. The second-order valence-corrected chi connectivity index (χ2v) is 6.67. The topological polar surface area (TPSA) is 100 Å². The van der Waals surface area contributed by atoms with E-state index in [1.165, 1.54) is 0 Å². The molecule has 28 heavy (non-hydrogen) atoms. The van der Waals surface area contributed by atoms with E-state index in [9.17, 15) is 5.11 Å². The standard InChI is InChI=1S/C20H26N6O2/c1-4-21-19(25-14-20(3,27)17-6-5-11-28-17)24-13-16-7-8-18(23-12-16)26-10-9-22-15(26)2/h5-12,27H,4,13-14H2,1-3H3,(H2,21,24,25). The second kappa shape index (κ2) is 8.71. The Morgan fingerprint density at radius 3 is 2.75 bits per heavy atom. The molecule has 0 saturated carbocycles. The molecule has 0 saturated heterocycles. The minimum Gasteiger partial charge on any atom is -0.466 e. The quantitative estimate of drug-likeness (QED) is 0.428. The summed E-state index contributed by atoms with van der Waals surface area (Å²) in [6.45, 7) is 7.07. The van der Waals surface area contributed by atoms with Crippen LogP contribution < -0.4 is 10.6 Å². The maximum absolute atomic E-state index is 10.6. The van der Waals surface area contributed by atoms with E-state index >= 15 is 0 Å². The van der Waals surface area contributed by atoms with E-state index in [0.717, 1.165) is 17.2 Å². The minimum atomic E-state index is -1.13. The first-order valence-electron chi connectivity index (χ1n) is 9.23. The number of aromatic nitrogens is 3. The zero-order valence-electron chi connectivity index (χ0n) is 16.4. The van der Waals surface area contributed by atoms with Crippen molar-refractivity contribution < 1.29 is 9.52 Å². The van der Waals surface area contributed by atoms with Crippen molar-refractivity contribution in [3.63, 3.8) is 0 Å². The zero-order valence-corrected chi connectivity index (χ0v) is 16.4. The molecule has 0 aliphatic carbocycles. The van der Waals surface area contributed by atoms with Crippen molar-refractivity contribution in [2.24, 2.45) is 4.99 Å². The van der Waals surface area contributed by atoms with Crippen molar-refractivity contribution in [1.29, 1.82) is 0 Å². The number of hydrogen-bond donors (Lipinski definition) is 3. The lowest BCUT2D eigenvalue weighted by Gasteiger charge is -2.22. The summed E-state index contributed by atoms with van der Waals surface area (Å²) in [6, 6.07) is 7.45. The molecule has 0 aromatic carbocycles. The first-order chi connectivity index (χ1) is 13.5. The molecule has 3 aromatic heterocycles. The molecule has 0 amide bonds. The maximum atomic E-state index is 10.6. The molecule has 0 aliphatic rings. The molecule has 1 unspecified atom stereocenters. The number of imidazole rings is 1. The Labute approximate surface area is 164 Å². The van der Waals surface area contributed by atoms with Gasteiger partial charge >= 0.3 is 0 Å². The fourth-order valence-corrected chi connectivity index (χ4v) is 2.71. The Kier molecular flexibility index (Phi) is 6.10. The Hall–Kier alpha value is -3.13. The number of aryl methyl sites for hydroxylation is 1. The minimum absolute atomic E-state index is 0.267. The molecule has 148 valence electrons. The summed E-state index contributed by atoms with van der Waals surface area (Å²) < 4.78 is 7.23. The van der Waals surface area contributed by atoms with Crippen LogP contribution in [0.3, 0.4) is 0 Å². The molecule has 8 heteroatoms. The Morgan fingerprint density at radius 1 is 1.29 bits per heavy atom. The van der Waals surface area contributed by atoms with Crippen LogP contribution in [0.25, 0.3) is 5.82 Å². The summed E-state index contributed by atoms with van der Waals surface area (Å²) in [5.74, 6) is 2.83. The van der Waals surface area contributed by atoms with Crippen LogP contribution in [0, 0.1) is 6.92 Å². The van der Waals surface area contributed by atoms with Crippen LogP contribution in [0.4, 0.5) is 0 Å². The summed E-state index contributed by atoms with van der Waals surface area (Å²) >= 11 is 0. The number of aliphatic hydroxyl groups is 1. The van der Waals surface area contributed by atoms with Crippen LogP contribution in [-0.4, -0.2) is 38.7 Å². The Bertz CT molecular complexity index is 897. The van der Waals surface area contributed by atoms with Gasteiger partial charge in [-0.25, -0.2) is 15.0 Å². The molecule has 0 radical (unpaired) electrons. The van der Waals surface area contributed by atoms with Crippen LogP contribution in [-0.2, 0) is 12.1 Å². The molecule has 0 bridgehead atoms. The van der Waals surface area contributed by atoms with Crippen LogP contribution in [0.1, 0.15) is 31.0 Å². The van der Waals surface area contributed by atoms with Crippen molar-refractivity contribution in [2.45, 2.75) is 32.9 Å². The molecular weight excluding hydrogens is 356 g/mol. The molecule has 1 atom stereocenters. The van der Waals surface area contributed by atoms with Crippen LogP contribution in [0.15, 0.2) is 58.5 Å². The number of hydrogen-bond acceptors (Lipinski definition) is 5. The van der Waals surface area contributed by atoms with Crippen molar-refractivity contribution in [3.05, 3.63) is 66.3 Å². The van der Waals surface area contributed by atoms with Gasteiger partial charge in [-0.15, -0.1) is 0 Å². The number of aliphatic imine (C=N–C) groups is 1. The van der Waals surface area contributed by atoms with E-state index < -0.39 is 5.60 Å². The number of guanidine groups is 1. The summed E-state index contributed by atoms with van der Waals surface area (Å²) in [7, 11) is 0. The summed E-state index contributed by atoms with van der Waals surface area (Å²) in [4.78, 5) is 13.3. The van der Waals surface area contributed by atoms with Gasteiger partial charge in [-0.1, -0.05) is 6.07 Å². The van der Waals surface area contributed by atoms with Gasteiger partial charge in [0.05, 0.1) is 19.4 Å². The summed E-state index contributed by atoms with van der Waals surface area (Å²) in [6.07, 6.45) is 6.99. The molecule has 0 fully saturated rings. The van der Waals surface area contributed by atoms with E-state index in [2.05, 4.69) is 25.6 Å². The van der Waals surface area contributed by atoms with E-state index in [1.54, 1.807) is 37.7 Å². The average molecular weight is 382 g/mol. The SMILES string of the molecule is CCNC(=NCc1ccc(-n2ccnc2C)nc1)NCC(C)(O)c1ccco1. The lowest BCUT2D eigenvalue weighted by Crippen LogP contribution is -2.44. The largest absolute Gasteiger partial charge is 0.466 e. The Morgan fingerprint density at radius 2 is 2.14 bits per heavy atom. The van der Waals surface area contributed by atoms with Crippen molar-refractivity contribution in [3.8, 4) is 5.82 Å². The lowest BCUT2D eigenvalue weighted by atomic mass is 10.0. The average Bonchev–Trinajstić information content (AvgIpc) is 3.37. The van der Waals surface area contributed by atoms with Gasteiger partial charge in [0.15, 0.2) is 5.96 Å². The normalized spacial score (nSPS) is 13.9. The van der Waals surface area contributed by atoms with Gasteiger partial charge in [0.2, 0.25) is 0 Å². The number of furan rings is 1. The van der Waals surface area contributed by atoms with Crippen LogP contribution >= 0.6 is 0 Å². The van der Waals surface area contributed by atoms with Gasteiger partial charge in [-0.3, -0.25) is 4.57 Å². The fourth-order valence-electron chi connectivity index (χ4n) is 2.71. The van der Waals surface area contributed by atoms with Crippen molar-refractivity contribution >= 4 is 5.96 Å². The molecule has 8 nitrogen and oxygen atoms in total. The highest BCUT2D eigenvalue weighted by atomic mass is 16.4. The Balaban J connectivity index is 1.63. The fraction of sp³-hybridized carbons (Fsp3) is 0.350. The number of nitrogens with zero attached hydrogens (tertiary/aromatic N) is 4. The van der Waals surface area contributed by atoms with E-state index in [0.29, 0.717) is 24.8 Å². The van der Waals surface area contributed by atoms with Crippen LogP contribution in [0.5, 0.6) is 0 Å². The molecule has 3 aromatic rings. The van der Waals surface area contributed by atoms with Crippen LogP contribution in [0.2, 0.25) is 0 Å². The third-order valence-corrected chi connectivity index (χ3v) is 4.30. The molecule has 3 rings (SSSR count). The van der Waals surface area contributed by atoms with Crippen molar-refractivity contribution in [1.82, 2.24) is 25.2 Å². The number of pyridine rings is 1. The maximum Gasteiger partial charge on any atom is 0.191 e. The van der Waals surface area contributed by atoms with Gasteiger partial charge in [0.25, 0.3) is 0 Å². The zero-order chi connectivity index (χ0) is 20.0. The third-order valence-electron chi connectivity index (χ3n) is 4.30. The van der Waals surface area contributed by atoms with E-state index in [4.69, 9.17) is 4.42 Å². The first-order valence-corrected chi connectivity index (χ1v) is 9.23. The predicted octanol–water partition coefficient (Wildman–Crippen LogP) is 2.13. The highest BCUT2D eigenvalue weighted by molar-refractivity contribution is 5.79. The van der Waals surface area contributed by atoms with Gasteiger partial charge in [-0.2, -0.15) is 0 Å². The molecule has 0 spiro atoms. The van der Waals surface area contributed by atoms with Gasteiger partial charge in [0.1, 0.15) is 23.0 Å².